The van der Waals surface area contributed by atoms with Crippen molar-refractivity contribution in [3.05, 3.63) is 34.9 Å². The number of hydrogen-bond donors (Lipinski definition) is 2. The van der Waals surface area contributed by atoms with E-state index in [1.54, 1.807) is 4.90 Å². The van der Waals surface area contributed by atoms with Crippen molar-refractivity contribution in [1.29, 1.82) is 0 Å². The first kappa shape index (κ1) is 19.4. The molecule has 1 aromatic carbocycles. The van der Waals surface area contributed by atoms with Crippen molar-refractivity contribution in [2.75, 3.05) is 26.2 Å². The number of hydrogen-bond acceptors (Lipinski definition) is 3. The van der Waals surface area contributed by atoms with Gasteiger partial charge in [0.15, 0.2) is 5.96 Å². The van der Waals surface area contributed by atoms with E-state index >= 15 is 0 Å². The minimum absolute atomic E-state index is 0.222. The number of benzene rings is 1. The summed E-state index contributed by atoms with van der Waals surface area (Å²) in [5.41, 5.74) is 0.999. The molecule has 138 valence electrons. The maximum absolute atomic E-state index is 11.8. The topological polar surface area (TPSA) is 66.0 Å². The number of amides is 1. The van der Waals surface area contributed by atoms with E-state index in [0.717, 1.165) is 35.9 Å². The second-order valence-corrected chi connectivity index (χ2v) is 6.30. The van der Waals surface area contributed by atoms with Crippen LogP contribution in [0.15, 0.2) is 29.3 Å². The maximum Gasteiger partial charge on any atom is 0.409 e. The first-order valence-electron chi connectivity index (χ1n) is 8.84. The summed E-state index contributed by atoms with van der Waals surface area (Å²) in [6.45, 7) is 6.98. The molecule has 1 heterocycles. The van der Waals surface area contributed by atoms with Gasteiger partial charge in [-0.2, -0.15) is 0 Å². The Morgan fingerprint density at radius 3 is 2.68 bits per heavy atom. The highest BCUT2D eigenvalue weighted by atomic mass is 35.5. The number of aliphatic imine (C=N–C) groups is 1. The number of piperidine rings is 1. The van der Waals surface area contributed by atoms with E-state index in [2.05, 4.69) is 15.6 Å². The quantitative estimate of drug-likeness (QED) is 0.621. The predicted molar refractivity (Wildman–Crippen MR) is 101 cm³/mol. The van der Waals surface area contributed by atoms with Crippen molar-refractivity contribution in [1.82, 2.24) is 15.5 Å². The lowest BCUT2D eigenvalue weighted by Crippen LogP contribution is -2.49. The standard InChI is InChI=1S/C18H27ClN4O2/c1-3-20-17(21-13-14-7-5-6-8-16(14)19)22-15-9-11-23(12-10-15)18(24)25-4-2/h5-8,15H,3-4,9-13H2,1-2H3,(H2,20,21,22). The highest BCUT2D eigenvalue weighted by molar-refractivity contribution is 6.31. The SMILES string of the molecule is CCNC(=NCc1ccccc1Cl)NC1CCN(C(=O)OCC)CC1. The highest BCUT2D eigenvalue weighted by Gasteiger charge is 2.24. The molecule has 0 aliphatic carbocycles. The van der Waals surface area contributed by atoms with Crippen molar-refractivity contribution in [3.63, 3.8) is 0 Å². The molecule has 0 atom stereocenters. The number of nitrogens with one attached hydrogen (secondary N) is 2. The van der Waals surface area contributed by atoms with Gasteiger partial charge in [0, 0.05) is 30.7 Å². The summed E-state index contributed by atoms with van der Waals surface area (Å²) in [6.07, 6.45) is 1.52. The fraction of sp³-hybridized carbons (Fsp3) is 0.556. The van der Waals surface area contributed by atoms with Crippen molar-refractivity contribution in [2.24, 2.45) is 4.99 Å². The van der Waals surface area contributed by atoms with E-state index in [9.17, 15) is 4.79 Å². The molecule has 0 unspecified atom stereocenters. The zero-order valence-corrected chi connectivity index (χ0v) is 15.7. The molecule has 0 spiro atoms. The minimum atomic E-state index is -0.222. The minimum Gasteiger partial charge on any atom is -0.450 e. The van der Waals surface area contributed by atoms with Crippen molar-refractivity contribution in [3.8, 4) is 0 Å². The molecule has 0 saturated carbocycles. The van der Waals surface area contributed by atoms with Gasteiger partial charge in [0.25, 0.3) is 0 Å². The van der Waals surface area contributed by atoms with Crippen LogP contribution in [0.4, 0.5) is 4.79 Å². The van der Waals surface area contributed by atoms with Crippen LogP contribution in [0.1, 0.15) is 32.3 Å². The molecule has 1 aliphatic rings. The number of guanidine groups is 1. The maximum atomic E-state index is 11.8. The van der Waals surface area contributed by atoms with Gasteiger partial charge in [-0.3, -0.25) is 0 Å². The average Bonchev–Trinajstić information content (AvgIpc) is 2.62. The Bertz CT molecular complexity index is 586. The van der Waals surface area contributed by atoms with Gasteiger partial charge in [0.05, 0.1) is 13.2 Å². The van der Waals surface area contributed by atoms with Crippen molar-refractivity contribution < 1.29 is 9.53 Å². The van der Waals surface area contributed by atoms with Crippen LogP contribution >= 0.6 is 11.6 Å². The van der Waals surface area contributed by atoms with Gasteiger partial charge in [-0.15, -0.1) is 0 Å². The normalized spacial score (nSPS) is 15.8. The smallest absolute Gasteiger partial charge is 0.409 e. The zero-order chi connectivity index (χ0) is 18.1. The molecule has 2 N–H and O–H groups in total. The van der Waals surface area contributed by atoms with Gasteiger partial charge >= 0.3 is 6.09 Å². The van der Waals surface area contributed by atoms with Crippen LogP contribution in [0.3, 0.4) is 0 Å². The lowest BCUT2D eigenvalue weighted by Gasteiger charge is -2.32. The van der Waals surface area contributed by atoms with E-state index in [1.165, 1.54) is 0 Å². The van der Waals surface area contributed by atoms with Crippen molar-refractivity contribution >= 4 is 23.7 Å². The highest BCUT2D eigenvalue weighted by Crippen LogP contribution is 2.16. The molecular weight excluding hydrogens is 340 g/mol. The number of likely N-dealkylation sites (tertiary alicyclic amines) is 1. The van der Waals surface area contributed by atoms with Crippen LogP contribution in [-0.4, -0.2) is 49.2 Å². The number of carbonyl (C=O) groups is 1. The molecule has 1 saturated heterocycles. The Balaban J connectivity index is 1.88. The van der Waals surface area contributed by atoms with E-state index in [-0.39, 0.29) is 12.1 Å². The molecule has 0 aromatic heterocycles. The fourth-order valence-electron chi connectivity index (χ4n) is 2.73. The third-order valence-electron chi connectivity index (χ3n) is 4.07. The second kappa shape index (κ2) is 10.1. The summed E-state index contributed by atoms with van der Waals surface area (Å²) in [5.74, 6) is 0.775. The predicted octanol–water partition coefficient (Wildman–Crippen LogP) is 3.02. The van der Waals surface area contributed by atoms with Gasteiger partial charge in [0.1, 0.15) is 0 Å². The van der Waals surface area contributed by atoms with E-state index in [4.69, 9.17) is 16.3 Å². The molecule has 25 heavy (non-hydrogen) atoms. The van der Waals surface area contributed by atoms with Gasteiger partial charge in [-0.1, -0.05) is 29.8 Å². The van der Waals surface area contributed by atoms with Crippen LogP contribution in [0, 0.1) is 0 Å². The van der Waals surface area contributed by atoms with Gasteiger partial charge < -0.3 is 20.3 Å². The molecular formula is C18H27ClN4O2. The Morgan fingerprint density at radius 1 is 1.32 bits per heavy atom. The molecule has 1 fully saturated rings. The van der Waals surface area contributed by atoms with Crippen LogP contribution < -0.4 is 10.6 Å². The monoisotopic (exact) mass is 366 g/mol. The number of nitrogens with zero attached hydrogens (tertiary/aromatic N) is 2. The second-order valence-electron chi connectivity index (χ2n) is 5.89. The third kappa shape index (κ3) is 6.12. The molecule has 7 heteroatoms. The Labute approximate surface area is 154 Å². The van der Waals surface area contributed by atoms with Crippen LogP contribution in [0.5, 0.6) is 0 Å². The van der Waals surface area contributed by atoms with E-state index in [0.29, 0.717) is 26.2 Å². The van der Waals surface area contributed by atoms with E-state index < -0.39 is 0 Å². The largest absolute Gasteiger partial charge is 0.450 e. The van der Waals surface area contributed by atoms with Gasteiger partial charge in [0.2, 0.25) is 0 Å². The fourth-order valence-corrected chi connectivity index (χ4v) is 2.92. The zero-order valence-electron chi connectivity index (χ0n) is 14.9. The van der Waals surface area contributed by atoms with E-state index in [1.807, 2.05) is 38.1 Å². The first-order chi connectivity index (χ1) is 12.1. The summed E-state index contributed by atoms with van der Waals surface area (Å²) >= 11 is 6.19. The Kier molecular flexibility index (Phi) is 7.85. The van der Waals surface area contributed by atoms with Gasteiger partial charge in [-0.25, -0.2) is 9.79 Å². The van der Waals surface area contributed by atoms with Crippen LogP contribution in [-0.2, 0) is 11.3 Å². The first-order valence-corrected chi connectivity index (χ1v) is 9.21. The lowest BCUT2D eigenvalue weighted by molar-refractivity contribution is 0.0963. The summed E-state index contributed by atoms with van der Waals surface area (Å²) in [6, 6.07) is 8.01. The third-order valence-corrected chi connectivity index (χ3v) is 4.44. The van der Waals surface area contributed by atoms with Crippen LogP contribution in [0.2, 0.25) is 5.02 Å². The molecule has 6 nitrogen and oxygen atoms in total. The summed E-state index contributed by atoms with van der Waals surface area (Å²) in [4.78, 5) is 18.1. The van der Waals surface area contributed by atoms with Crippen molar-refractivity contribution in [2.45, 2.75) is 39.3 Å². The molecule has 1 aromatic rings. The number of carbonyl (C=O) groups excluding carboxylic acids is 1. The van der Waals surface area contributed by atoms with Crippen LogP contribution in [0.25, 0.3) is 0 Å². The average molecular weight is 367 g/mol. The summed E-state index contributed by atoms with van der Waals surface area (Å²) < 4.78 is 5.05. The molecule has 0 radical (unpaired) electrons. The van der Waals surface area contributed by atoms with Gasteiger partial charge in [-0.05, 0) is 38.3 Å². The Morgan fingerprint density at radius 2 is 2.04 bits per heavy atom. The molecule has 1 aliphatic heterocycles. The summed E-state index contributed by atoms with van der Waals surface area (Å²) in [7, 11) is 0. The molecule has 0 bridgehead atoms. The molecule has 1 amide bonds. The number of halogens is 1. The molecule has 2 rings (SSSR count). The summed E-state index contributed by atoms with van der Waals surface area (Å²) in [5, 5.41) is 7.45. The Hall–Kier alpha value is -1.95. The number of ether oxygens (including phenoxy) is 1. The lowest BCUT2D eigenvalue weighted by atomic mass is 10.1. The number of rotatable bonds is 5.